The normalized spacial score (nSPS) is 11.8. The fourth-order valence-corrected chi connectivity index (χ4v) is 1.79. The predicted octanol–water partition coefficient (Wildman–Crippen LogP) is 2.83. The van der Waals surface area contributed by atoms with E-state index < -0.39 is 0 Å². The number of carbonyl (C=O) groups is 1. The molecule has 0 aromatic heterocycles. The van der Waals surface area contributed by atoms with Crippen LogP contribution < -0.4 is 5.32 Å². The molecule has 0 saturated carbocycles. The zero-order valence-corrected chi connectivity index (χ0v) is 12.1. The van der Waals surface area contributed by atoms with Crippen LogP contribution in [0.25, 0.3) is 0 Å². The van der Waals surface area contributed by atoms with E-state index in [4.69, 9.17) is 0 Å². The molecule has 0 atom stereocenters. The van der Waals surface area contributed by atoms with Crippen molar-refractivity contribution < 1.29 is 9.90 Å². The lowest BCUT2D eigenvalue weighted by atomic mass is 10.1. The summed E-state index contributed by atoms with van der Waals surface area (Å²) in [6, 6.07) is 6.93. The van der Waals surface area contributed by atoms with Gasteiger partial charge in [-0.25, -0.2) is 0 Å². The lowest BCUT2D eigenvalue weighted by Gasteiger charge is -2.06. The predicted molar refractivity (Wildman–Crippen MR) is 82.0 cm³/mol. The minimum atomic E-state index is 0.0361. The van der Waals surface area contributed by atoms with Crippen molar-refractivity contribution in [3.63, 3.8) is 0 Å². The first-order chi connectivity index (χ1) is 9.65. The van der Waals surface area contributed by atoms with Gasteiger partial charge in [-0.2, -0.15) is 0 Å². The maximum Gasteiger partial charge on any atom is 0.220 e. The van der Waals surface area contributed by atoms with Gasteiger partial charge in [0.2, 0.25) is 5.91 Å². The van der Waals surface area contributed by atoms with Crippen molar-refractivity contribution in [3.8, 4) is 5.75 Å². The molecule has 0 spiro atoms. The van der Waals surface area contributed by atoms with Crippen molar-refractivity contribution in [3.05, 3.63) is 41.6 Å². The number of phenolic OH excluding ortho intramolecular Hbond substituents is 1. The van der Waals surface area contributed by atoms with Crippen LogP contribution in [0.15, 0.2) is 41.0 Å². The van der Waals surface area contributed by atoms with Gasteiger partial charge in [0.25, 0.3) is 0 Å². The second kappa shape index (κ2) is 8.91. The SMILES string of the molecule is CC=N/C(=C\C)CCNC(=O)CCc1ccc(O)cc1. The molecule has 0 aliphatic rings. The number of rotatable bonds is 7. The number of hydrogen-bond donors (Lipinski definition) is 2. The zero-order chi connectivity index (χ0) is 14.8. The molecule has 0 unspecified atom stereocenters. The molecule has 108 valence electrons. The molecule has 0 saturated heterocycles. The molecular weight excluding hydrogens is 252 g/mol. The summed E-state index contributed by atoms with van der Waals surface area (Å²) < 4.78 is 0. The second-order valence-electron chi connectivity index (χ2n) is 4.43. The van der Waals surface area contributed by atoms with Crippen LogP contribution in [0.1, 0.15) is 32.3 Å². The third kappa shape index (κ3) is 6.18. The van der Waals surface area contributed by atoms with Crippen molar-refractivity contribution in [2.24, 2.45) is 4.99 Å². The summed E-state index contributed by atoms with van der Waals surface area (Å²) in [7, 11) is 0. The van der Waals surface area contributed by atoms with Gasteiger partial charge in [0, 0.05) is 31.3 Å². The molecule has 4 heteroatoms. The average Bonchev–Trinajstić information content (AvgIpc) is 2.45. The summed E-state index contributed by atoms with van der Waals surface area (Å²) in [6.07, 6.45) is 5.57. The van der Waals surface area contributed by atoms with Gasteiger partial charge in [-0.3, -0.25) is 9.79 Å². The molecule has 1 amide bonds. The van der Waals surface area contributed by atoms with Crippen LogP contribution in [0.2, 0.25) is 0 Å². The number of hydrogen-bond acceptors (Lipinski definition) is 3. The number of benzene rings is 1. The highest BCUT2D eigenvalue weighted by Crippen LogP contribution is 2.11. The second-order valence-corrected chi connectivity index (χ2v) is 4.43. The summed E-state index contributed by atoms with van der Waals surface area (Å²) in [6.45, 7) is 4.42. The number of nitrogens with zero attached hydrogens (tertiary/aromatic N) is 1. The van der Waals surface area contributed by atoms with Crippen LogP contribution in [-0.4, -0.2) is 23.8 Å². The number of nitrogens with one attached hydrogen (secondary N) is 1. The molecular formula is C16H22N2O2. The zero-order valence-electron chi connectivity index (χ0n) is 12.1. The van der Waals surface area contributed by atoms with E-state index in [1.54, 1.807) is 18.3 Å². The maximum atomic E-state index is 11.7. The van der Waals surface area contributed by atoms with Gasteiger partial charge < -0.3 is 10.4 Å². The summed E-state index contributed by atoms with van der Waals surface area (Å²) in [4.78, 5) is 15.9. The lowest BCUT2D eigenvalue weighted by Crippen LogP contribution is -2.24. The fourth-order valence-electron chi connectivity index (χ4n) is 1.79. The van der Waals surface area contributed by atoms with E-state index in [1.807, 2.05) is 32.1 Å². The highest BCUT2D eigenvalue weighted by Gasteiger charge is 2.02. The molecule has 0 bridgehead atoms. The molecule has 1 rings (SSSR count). The van der Waals surface area contributed by atoms with Gasteiger partial charge >= 0.3 is 0 Å². The van der Waals surface area contributed by atoms with Gasteiger partial charge in [-0.15, -0.1) is 0 Å². The molecule has 0 fully saturated rings. The summed E-state index contributed by atoms with van der Waals surface area (Å²) in [5.41, 5.74) is 2.02. The van der Waals surface area contributed by atoms with E-state index in [2.05, 4.69) is 10.3 Å². The number of aliphatic imine (C=N–C) groups is 1. The third-order valence-electron chi connectivity index (χ3n) is 2.91. The van der Waals surface area contributed by atoms with E-state index in [0.717, 1.165) is 17.7 Å². The molecule has 0 heterocycles. The van der Waals surface area contributed by atoms with E-state index in [1.165, 1.54) is 0 Å². The quantitative estimate of drug-likeness (QED) is 0.751. The van der Waals surface area contributed by atoms with Crippen molar-refractivity contribution in [2.75, 3.05) is 6.54 Å². The Balaban J connectivity index is 2.25. The monoisotopic (exact) mass is 274 g/mol. The summed E-state index contributed by atoms with van der Waals surface area (Å²) in [5, 5.41) is 12.1. The first-order valence-corrected chi connectivity index (χ1v) is 6.84. The molecule has 0 radical (unpaired) electrons. The number of amides is 1. The largest absolute Gasteiger partial charge is 0.508 e. The molecule has 1 aromatic rings. The molecule has 20 heavy (non-hydrogen) atoms. The van der Waals surface area contributed by atoms with Crippen molar-refractivity contribution in [2.45, 2.75) is 33.1 Å². The Hall–Kier alpha value is -2.10. The van der Waals surface area contributed by atoms with Crippen LogP contribution in [0.5, 0.6) is 5.75 Å². The molecule has 1 aromatic carbocycles. The molecule has 0 aliphatic carbocycles. The number of phenols is 1. The summed E-state index contributed by atoms with van der Waals surface area (Å²) >= 11 is 0. The van der Waals surface area contributed by atoms with E-state index in [-0.39, 0.29) is 11.7 Å². The Bertz CT molecular complexity index is 476. The summed E-state index contributed by atoms with van der Waals surface area (Å²) in [5.74, 6) is 0.280. The molecule has 0 aliphatic heterocycles. The first kappa shape index (κ1) is 16.0. The van der Waals surface area contributed by atoms with Crippen LogP contribution in [0.3, 0.4) is 0 Å². The minimum absolute atomic E-state index is 0.0361. The molecule has 2 N–H and O–H groups in total. The van der Waals surface area contributed by atoms with Gasteiger partial charge in [0.1, 0.15) is 5.75 Å². The molecule has 4 nitrogen and oxygen atoms in total. The Labute approximate surface area is 120 Å². The van der Waals surface area contributed by atoms with Crippen LogP contribution in [0.4, 0.5) is 0 Å². The topological polar surface area (TPSA) is 61.7 Å². The Morgan fingerprint density at radius 1 is 1.25 bits per heavy atom. The minimum Gasteiger partial charge on any atom is -0.508 e. The van der Waals surface area contributed by atoms with Crippen molar-refractivity contribution >= 4 is 12.1 Å². The van der Waals surface area contributed by atoms with Crippen molar-refractivity contribution in [1.29, 1.82) is 0 Å². The standard InChI is InChI=1S/C16H22N2O2/c1-3-14(17-4-2)11-12-18-16(20)10-7-13-5-8-15(19)9-6-13/h3-6,8-9,19H,7,10-12H2,1-2H3,(H,18,20)/b14-3-,17-4?. The smallest absolute Gasteiger partial charge is 0.220 e. The fraction of sp³-hybridized carbons (Fsp3) is 0.375. The van der Waals surface area contributed by atoms with E-state index >= 15 is 0 Å². The third-order valence-corrected chi connectivity index (χ3v) is 2.91. The lowest BCUT2D eigenvalue weighted by molar-refractivity contribution is -0.121. The van der Waals surface area contributed by atoms with Crippen molar-refractivity contribution in [1.82, 2.24) is 5.32 Å². The average molecular weight is 274 g/mol. The Morgan fingerprint density at radius 3 is 2.55 bits per heavy atom. The van der Waals surface area contributed by atoms with Gasteiger partial charge in [-0.1, -0.05) is 18.2 Å². The highest BCUT2D eigenvalue weighted by molar-refractivity contribution is 5.76. The number of aryl methyl sites for hydroxylation is 1. The van der Waals surface area contributed by atoms with Crippen LogP contribution in [-0.2, 0) is 11.2 Å². The van der Waals surface area contributed by atoms with E-state index in [9.17, 15) is 9.90 Å². The van der Waals surface area contributed by atoms with E-state index in [0.29, 0.717) is 19.4 Å². The Morgan fingerprint density at radius 2 is 1.95 bits per heavy atom. The Kier molecular flexibility index (Phi) is 7.11. The van der Waals surface area contributed by atoms with Gasteiger partial charge in [0.15, 0.2) is 0 Å². The number of aromatic hydroxyl groups is 1. The van der Waals surface area contributed by atoms with Crippen LogP contribution in [0, 0.1) is 0 Å². The highest BCUT2D eigenvalue weighted by atomic mass is 16.3. The van der Waals surface area contributed by atoms with Crippen LogP contribution >= 0.6 is 0 Å². The number of allylic oxidation sites excluding steroid dienone is 1. The first-order valence-electron chi connectivity index (χ1n) is 6.84. The van der Waals surface area contributed by atoms with Gasteiger partial charge in [-0.05, 0) is 38.0 Å². The van der Waals surface area contributed by atoms with Gasteiger partial charge in [0.05, 0.1) is 0 Å². The number of carbonyl (C=O) groups excluding carboxylic acids is 1. The maximum absolute atomic E-state index is 11.7.